The van der Waals surface area contributed by atoms with Crippen molar-refractivity contribution in [3.63, 3.8) is 0 Å². The molecule has 0 radical (unpaired) electrons. The van der Waals surface area contributed by atoms with Gasteiger partial charge in [-0.25, -0.2) is 0 Å². The molecule has 2 unspecified atom stereocenters. The molecule has 2 bridgehead atoms. The molecule has 1 aromatic carbocycles. The second kappa shape index (κ2) is 6.94. The summed E-state index contributed by atoms with van der Waals surface area (Å²) in [6, 6.07) is 11.9. The number of H-pyrrole nitrogens is 1. The van der Waals surface area contributed by atoms with E-state index in [-0.39, 0.29) is 5.91 Å². The van der Waals surface area contributed by atoms with Crippen molar-refractivity contribution < 1.29 is 9.21 Å². The van der Waals surface area contributed by atoms with Gasteiger partial charge in [-0.3, -0.25) is 4.79 Å². The molecule has 0 aliphatic heterocycles. The van der Waals surface area contributed by atoms with Crippen molar-refractivity contribution >= 4 is 16.8 Å². The lowest BCUT2D eigenvalue weighted by atomic mass is 9.49. The highest BCUT2D eigenvalue weighted by Crippen LogP contribution is 2.59. The van der Waals surface area contributed by atoms with Crippen LogP contribution in [-0.4, -0.2) is 28.9 Å². The molecule has 1 fully saturated rings. The average Bonchev–Trinajstić information content (AvgIpc) is 3.41. The fourth-order valence-electron chi connectivity index (χ4n) is 5.28. The van der Waals surface area contributed by atoms with E-state index in [1.54, 1.807) is 18.4 Å². The van der Waals surface area contributed by atoms with E-state index < -0.39 is 0 Å². The number of furan rings is 1. The Bertz CT molecular complexity index is 1060. The normalized spacial score (nSPS) is 22.2. The molecule has 150 valence electrons. The van der Waals surface area contributed by atoms with Crippen LogP contribution in [0.25, 0.3) is 10.9 Å². The van der Waals surface area contributed by atoms with Crippen LogP contribution in [0.4, 0.5) is 0 Å². The van der Waals surface area contributed by atoms with Crippen LogP contribution in [0.2, 0.25) is 0 Å². The van der Waals surface area contributed by atoms with Gasteiger partial charge in [-0.05, 0) is 60.3 Å². The lowest BCUT2D eigenvalue weighted by Gasteiger charge is -2.57. The zero-order chi connectivity index (χ0) is 20.0. The van der Waals surface area contributed by atoms with E-state index in [9.17, 15) is 4.79 Å². The number of aromatic nitrogens is 1. The molecule has 2 heterocycles. The Morgan fingerprint density at radius 3 is 2.86 bits per heavy atom. The molecule has 3 aromatic rings. The van der Waals surface area contributed by atoms with Crippen molar-refractivity contribution in [2.24, 2.45) is 17.3 Å². The number of nitrogens with one attached hydrogen (secondary N) is 1. The smallest absolute Gasteiger partial charge is 0.289 e. The minimum absolute atomic E-state index is 0.0185. The number of hydrogen-bond donors (Lipinski definition) is 1. The van der Waals surface area contributed by atoms with Crippen molar-refractivity contribution in [3.05, 3.63) is 71.8 Å². The molecule has 1 amide bonds. The number of fused-ring (bicyclic) bond motifs is 2. The fraction of sp³-hybridized carbons (Fsp3) is 0.400. The van der Waals surface area contributed by atoms with E-state index in [1.807, 2.05) is 11.0 Å². The first-order valence-corrected chi connectivity index (χ1v) is 10.6. The van der Waals surface area contributed by atoms with Gasteiger partial charge >= 0.3 is 0 Å². The quantitative estimate of drug-likeness (QED) is 0.572. The van der Waals surface area contributed by atoms with Crippen LogP contribution in [-0.2, 0) is 6.42 Å². The standard InChI is InChI=1S/C25H28N2O2/c1-25(2)19-10-9-18(21(25)14-19)16-27(24(28)23-8-5-13-29-23)12-11-17-15-26-22-7-4-3-6-20(17)22/h3-9,13,15,19,21,26H,10-12,14,16H2,1-2H3. The Kier molecular flexibility index (Phi) is 4.38. The summed E-state index contributed by atoms with van der Waals surface area (Å²) in [5.74, 6) is 1.80. The zero-order valence-corrected chi connectivity index (χ0v) is 17.2. The Morgan fingerprint density at radius 1 is 1.24 bits per heavy atom. The third-order valence-electron chi connectivity index (χ3n) is 7.30. The van der Waals surface area contributed by atoms with E-state index >= 15 is 0 Å². The summed E-state index contributed by atoms with van der Waals surface area (Å²) in [6.45, 7) is 6.13. The maximum atomic E-state index is 13.2. The number of amides is 1. The Morgan fingerprint density at radius 2 is 2.10 bits per heavy atom. The van der Waals surface area contributed by atoms with Gasteiger partial charge in [0.05, 0.1) is 6.26 Å². The highest BCUT2D eigenvalue weighted by molar-refractivity contribution is 5.91. The van der Waals surface area contributed by atoms with E-state index in [4.69, 9.17) is 4.42 Å². The summed E-state index contributed by atoms with van der Waals surface area (Å²) in [5, 5.41) is 1.23. The summed E-state index contributed by atoms with van der Waals surface area (Å²) in [7, 11) is 0. The molecule has 1 saturated carbocycles. The van der Waals surface area contributed by atoms with Crippen LogP contribution in [0, 0.1) is 17.3 Å². The molecule has 2 aromatic heterocycles. The summed E-state index contributed by atoms with van der Waals surface area (Å²) >= 11 is 0. The molecular formula is C25H28N2O2. The van der Waals surface area contributed by atoms with Gasteiger partial charge in [-0.2, -0.15) is 0 Å². The van der Waals surface area contributed by atoms with Gasteiger partial charge in [0.2, 0.25) is 0 Å². The molecule has 4 heteroatoms. The Hall–Kier alpha value is -2.75. The molecule has 3 aliphatic carbocycles. The molecule has 6 rings (SSSR count). The number of nitrogens with zero attached hydrogens (tertiary/aromatic N) is 1. The summed E-state index contributed by atoms with van der Waals surface area (Å²) < 4.78 is 5.43. The summed E-state index contributed by atoms with van der Waals surface area (Å²) in [6.07, 6.45) is 9.26. The number of carbonyl (C=O) groups is 1. The van der Waals surface area contributed by atoms with Crippen molar-refractivity contribution in [2.45, 2.75) is 33.1 Å². The summed E-state index contributed by atoms with van der Waals surface area (Å²) in [4.78, 5) is 18.5. The maximum Gasteiger partial charge on any atom is 0.289 e. The van der Waals surface area contributed by atoms with Gasteiger partial charge < -0.3 is 14.3 Å². The molecule has 0 spiro atoms. The van der Waals surface area contributed by atoms with E-state index in [1.165, 1.54) is 22.9 Å². The van der Waals surface area contributed by atoms with Crippen LogP contribution < -0.4 is 0 Å². The van der Waals surface area contributed by atoms with Crippen LogP contribution >= 0.6 is 0 Å². The van der Waals surface area contributed by atoms with E-state index in [0.29, 0.717) is 30.2 Å². The first kappa shape index (κ1) is 18.3. The minimum atomic E-state index is -0.0185. The van der Waals surface area contributed by atoms with Crippen LogP contribution in [0.5, 0.6) is 0 Å². The average molecular weight is 389 g/mol. The van der Waals surface area contributed by atoms with Gasteiger partial charge in [0, 0.05) is 30.2 Å². The predicted octanol–water partition coefficient (Wildman–Crippen LogP) is 5.44. The molecule has 2 atom stereocenters. The van der Waals surface area contributed by atoms with Crippen LogP contribution in [0.1, 0.15) is 42.8 Å². The number of carbonyl (C=O) groups excluding carboxylic acids is 1. The largest absolute Gasteiger partial charge is 0.459 e. The fourth-order valence-corrected chi connectivity index (χ4v) is 5.28. The summed E-state index contributed by atoms with van der Waals surface area (Å²) in [5.41, 5.74) is 4.18. The molecule has 3 aliphatic rings. The van der Waals surface area contributed by atoms with Gasteiger partial charge in [0.15, 0.2) is 5.76 Å². The topological polar surface area (TPSA) is 49.2 Å². The van der Waals surface area contributed by atoms with Gasteiger partial charge in [0.1, 0.15) is 0 Å². The van der Waals surface area contributed by atoms with E-state index in [0.717, 1.165) is 24.3 Å². The first-order valence-electron chi connectivity index (χ1n) is 10.6. The lowest BCUT2D eigenvalue weighted by molar-refractivity contribution is -0.0103. The van der Waals surface area contributed by atoms with Crippen LogP contribution in [0.15, 0.2) is 64.9 Å². The highest BCUT2D eigenvalue weighted by Gasteiger charge is 2.51. The molecule has 29 heavy (non-hydrogen) atoms. The molecular weight excluding hydrogens is 360 g/mol. The lowest BCUT2D eigenvalue weighted by Crippen LogP contribution is -2.50. The first-order chi connectivity index (χ1) is 14.0. The Labute approximate surface area is 171 Å². The van der Waals surface area contributed by atoms with Crippen molar-refractivity contribution in [3.8, 4) is 0 Å². The Balaban J connectivity index is 1.37. The zero-order valence-electron chi connectivity index (χ0n) is 17.2. The number of para-hydroxylation sites is 1. The SMILES string of the molecule is CC1(C)C2CC=C(CN(CCc3c[nH]c4ccccc34)C(=O)c3ccco3)C1C2. The number of allylic oxidation sites excluding steroid dienone is 1. The molecule has 1 N–H and O–H groups in total. The van der Waals surface area contributed by atoms with Crippen molar-refractivity contribution in [1.29, 1.82) is 0 Å². The third kappa shape index (κ3) is 3.11. The number of aromatic amines is 1. The van der Waals surface area contributed by atoms with Gasteiger partial charge in [-0.1, -0.05) is 43.7 Å². The third-order valence-corrected chi connectivity index (χ3v) is 7.30. The predicted molar refractivity (Wildman–Crippen MR) is 115 cm³/mol. The van der Waals surface area contributed by atoms with Gasteiger partial charge in [-0.15, -0.1) is 0 Å². The second-order valence-electron chi connectivity index (χ2n) is 9.13. The van der Waals surface area contributed by atoms with Crippen LogP contribution in [0.3, 0.4) is 0 Å². The van der Waals surface area contributed by atoms with Crippen molar-refractivity contribution in [1.82, 2.24) is 9.88 Å². The highest BCUT2D eigenvalue weighted by atomic mass is 16.3. The number of rotatable bonds is 6. The van der Waals surface area contributed by atoms with Gasteiger partial charge in [0.25, 0.3) is 5.91 Å². The molecule has 0 saturated heterocycles. The number of hydrogen-bond acceptors (Lipinski definition) is 2. The molecule has 4 nitrogen and oxygen atoms in total. The maximum absolute atomic E-state index is 13.2. The number of benzene rings is 1. The van der Waals surface area contributed by atoms with Crippen molar-refractivity contribution in [2.75, 3.05) is 13.1 Å². The second-order valence-corrected chi connectivity index (χ2v) is 9.13. The minimum Gasteiger partial charge on any atom is -0.459 e. The monoisotopic (exact) mass is 388 g/mol. The van der Waals surface area contributed by atoms with E-state index in [2.05, 4.69) is 49.3 Å².